The van der Waals surface area contributed by atoms with Crippen molar-refractivity contribution >= 4 is 11.3 Å². The maximum Gasteiger partial charge on any atom is 0.200 e. The topological polar surface area (TPSA) is 58.3 Å². The van der Waals surface area contributed by atoms with E-state index in [0.717, 1.165) is 62.3 Å². The maximum atomic E-state index is 4.52. The lowest BCUT2D eigenvalue weighted by Gasteiger charge is -2.32. The van der Waals surface area contributed by atoms with Crippen molar-refractivity contribution in [2.45, 2.75) is 38.6 Å². The fourth-order valence-electron chi connectivity index (χ4n) is 3.61. The Morgan fingerprint density at radius 2 is 1.96 bits per heavy atom. The second kappa shape index (κ2) is 7.83. The molecule has 1 saturated heterocycles. The molecule has 0 saturated carbocycles. The summed E-state index contributed by atoms with van der Waals surface area (Å²) in [6.45, 7) is 5.53. The van der Waals surface area contributed by atoms with Crippen LogP contribution in [0.3, 0.4) is 0 Å². The van der Waals surface area contributed by atoms with Gasteiger partial charge in [-0.05, 0) is 37.3 Å². The highest BCUT2D eigenvalue weighted by atomic mass is 15.3. The van der Waals surface area contributed by atoms with E-state index in [0.29, 0.717) is 6.04 Å². The Balaban J connectivity index is 1.33. The zero-order valence-electron chi connectivity index (χ0n) is 15.3. The summed E-state index contributed by atoms with van der Waals surface area (Å²) in [5, 5.41) is 16.4. The van der Waals surface area contributed by atoms with Gasteiger partial charge in [0, 0.05) is 25.7 Å². The van der Waals surface area contributed by atoms with Gasteiger partial charge in [-0.15, -0.1) is 10.2 Å². The molecule has 1 aliphatic rings. The smallest absolute Gasteiger partial charge is 0.200 e. The fourth-order valence-corrected chi connectivity index (χ4v) is 3.61. The van der Waals surface area contributed by atoms with Crippen molar-refractivity contribution < 1.29 is 0 Å². The van der Waals surface area contributed by atoms with Crippen LogP contribution in [0.4, 0.5) is 5.69 Å². The number of hydrogen-bond donors (Lipinski definition) is 1. The van der Waals surface area contributed by atoms with Crippen molar-refractivity contribution in [3.05, 3.63) is 54.0 Å². The molecule has 0 amide bonds. The molecule has 0 atom stereocenters. The number of aryl methyl sites for hydroxylation is 1. The summed E-state index contributed by atoms with van der Waals surface area (Å²) in [6, 6.07) is 13.4. The Morgan fingerprint density at radius 1 is 1.15 bits per heavy atom. The number of benzene rings is 1. The third-order valence-corrected chi connectivity index (χ3v) is 5.19. The average Bonchev–Trinajstić information content (AvgIpc) is 3.17. The van der Waals surface area contributed by atoms with Crippen molar-refractivity contribution in [1.82, 2.24) is 24.7 Å². The van der Waals surface area contributed by atoms with Crippen molar-refractivity contribution in [2.75, 3.05) is 25.0 Å². The molecule has 2 aromatic heterocycles. The molecule has 6 nitrogen and oxygen atoms in total. The van der Waals surface area contributed by atoms with Crippen LogP contribution < -0.4 is 5.32 Å². The Labute approximate surface area is 154 Å². The second-order valence-corrected chi connectivity index (χ2v) is 7.00. The first kappa shape index (κ1) is 17.0. The lowest BCUT2D eigenvalue weighted by atomic mass is 10.0. The predicted octanol–water partition coefficient (Wildman–Crippen LogP) is 2.81. The normalized spacial score (nSPS) is 16.2. The fraction of sp³-hybridized carbons (Fsp3) is 0.450. The van der Waals surface area contributed by atoms with Gasteiger partial charge in [-0.25, -0.2) is 0 Å². The van der Waals surface area contributed by atoms with E-state index in [1.807, 2.05) is 0 Å². The molecule has 0 radical (unpaired) electrons. The standard InChI is InChI=1S/C20H26N6/c1-2-17-14-19(20-23-21-15-26(20)24-17)22-18-9-12-25(13-10-18)11-8-16-6-4-3-5-7-16/h3-7,14-15,18,22H,2,8-13H2,1H3. The van der Waals surface area contributed by atoms with Gasteiger partial charge in [0.25, 0.3) is 0 Å². The molecule has 3 aromatic rings. The molecular weight excluding hydrogens is 324 g/mol. The van der Waals surface area contributed by atoms with Crippen LogP contribution >= 0.6 is 0 Å². The van der Waals surface area contributed by atoms with E-state index in [4.69, 9.17) is 0 Å². The minimum Gasteiger partial charge on any atom is -0.379 e. The van der Waals surface area contributed by atoms with Crippen molar-refractivity contribution in [2.24, 2.45) is 0 Å². The molecule has 1 aliphatic heterocycles. The highest BCUT2D eigenvalue weighted by Gasteiger charge is 2.20. The molecule has 0 spiro atoms. The number of likely N-dealkylation sites (tertiary alicyclic amines) is 1. The highest BCUT2D eigenvalue weighted by molar-refractivity contribution is 5.67. The summed E-state index contributed by atoms with van der Waals surface area (Å²) in [4.78, 5) is 2.57. The molecule has 0 bridgehead atoms. The van der Waals surface area contributed by atoms with E-state index >= 15 is 0 Å². The number of nitrogens with zero attached hydrogens (tertiary/aromatic N) is 5. The summed E-state index contributed by atoms with van der Waals surface area (Å²) < 4.78 is 1.77. The molecule has 0 aliphatic carbocycles. The van der Waals surface area contributed by atoms with E-state index in [1.165, 1.54) is 5.56 Å². The van der Waals surface area contributed by atoms with Crippen LogP contribution in [0.2, 0.25) is 0 Å². The second-order valence-electron chi connectivity index (χ2n) is 7.00. The van der Waals surface area contributed by atoms with E-state index in [1.54, 1.807) is 10.8 Å². The van der Waals surface area contributed by atoms with Crippen molar-refractivity contribution in [3.63, 3.8) is 0 Å². The number of aromatic nitrogens is 4. The molecule has 1 aromatic carbocycles. The van der Waals surface area contributed by atoms with Crippen LogP contribution in [-0.4, -0.2) is 50.4 Å². The van der Waals surface area contributed by atoms with E-state index < -0.39 is 0 Å². The summed E-state index contributed by atoms with van der Waals surface area (Å²) in [5.41, 5.74) is 4.34. The predicted molar refractivity (Wildman–Crippen MR) is 103 cm³/mol. The molecular formula is C20H26N6. The third-order valence-electron chi connectivity index (χ3n) is 5.19. The lowest BCUT2D eigenvalue weighted by Crippen LogP contribution is -2.40. The van der Waals surface area contributed by atoms with Gasteiger partial charge in [-0.2, -0.15) is 9.61 Å². The molecule has 136 valence electrons. The van der Waals surface area contributed by atoms with Crippen LogP contribution in [0.25, 0.3) is 5.65 Å². The third kappa shape index (κ3) is 3.85. The van der Waals surface area contributed by atoms with Gasteiger partial charge >= 0.3 is 0 Å². The summed E-state index contributed by atoms with van der Waals surface area (Å²) in [7, 11) is 0. The monoisotopic (exact) mass is 350 g/mol. The molecule has 0 unspecified atom stereocenters. The summed E-state index contributed by atoms with van der Waals surface area (Å²) in [6.07, 6.45) is 6.01. The van der Waals surface area contributed by atoms with E-state index in [2.05, 4.69) is 68.8 Å². The molecule has 26 heavy (non-hydrogen) atoms. The summed E-state index contributed by atoms with van der Waals surface area (Å²) >= 11 is 0. The van der Waals surface area contributed by atoms with Gasteiger partial charge < -0.3 is 10.2 Å². The highest BCUT2D eigenvalue weighted by Crippen LogP contribution is 2.21. The Kier molecular flexibility index (Phi) is 5.11. The van der Waals surface area contributed by atoms with Crippen LogP contribution in [0.1, 0.15) is 31.0 Å². The Hall–Kier alpha value is -2.47. The van der Waals surface area contributed by atoms with Gasteiger partial charge in [-0.1, -0.05) is 37.3 Å². The Morgan fingerprint density at radius 3 is 2.73 bits per heavy atom. The maximum absolute atomic E-state index is 4.52. The van der Waals surface area contributed by atoms with Crippen molar-refractivity contribution in [3.8, 4) is 0 Å². The van der Waals surface area contributed by atoms with Crippen LogP contribution in [-0.2, 0) is 12.8 Å². The Bertz CT molecular complexity index is 836. The van der Waals surface area contributed by atoms with Gasteiger partial charge in [0.1, 0.15) is 6.33 Å². The first-order valence-corrected chi connectivity index (χ1v) is 9.54. The zero-order chi connectivity index (χ0) is 17.8. The van der Waals surface area contributed by atoms with Crippen molar-refractivity contribution in [1.29, 1.82) is 0 Å². The SMILES string of the molecule is CCc1cc(NC2CCN(CCc3ccccc3)CC2)c2nncn2n1. The van der Waals surface area contributed by atoms with E-state index in [-0.39, 0.29) is 0 Å². The van der Waals surface area contributed by atoms with Gasteiger partial charge in [0.05, 0.1) is 11.4 Å². The molecule has 1 N–H and O–H groups in total. The quantitative estimate of drug-likeness (QED) is 0.741. The van der Waals surface area contributed by atoms with Gasteiger partial charge in [0.2, 0.25) is 5.65 Å². The van der Waals surface area contributed by atoms with Crippen LogP contribution in [0.15, 0.2) is 42.7 Å². The summed E-state index contributed by atoms with van der Waals surface area (Å²) in [5.74, 6) is 0. The number of hydrogen-bond acceptors (Lipinski definition) is 5. The van der Waals surface area contributed by atoms with Crippen LogP contribution in [0, 0.1) is 0 Å². The number of rotatable bonds is 6. The minimum absolute atomic E-state index is 0.482. The van der Waals surface area contributed by atoms with Crippen LogP contribution in [0.5, 0.6) is 0 Å². The minimum atomic E-state index is 0.482. The molecule has 6 heteroatoms. The number of nitrogens with one attached hydrogen (secondary N) is 1. The lowest BCUT2D eigenvalue weighted by molar-refractivity contribution is 0.221. The van der Waals surface area contributed by atoms with E-state index in [9.17, 15) is 0 Å². The first-order valence-electron chi connectivity index (χ1n) is 9.54. The molecule has 1 fully saturated rings. The number of piperidine rings is 1. The van der Waals surface area contributed by atoms with Gasteiger partial charge in [-0.3, -0.25) is 0 Å². The zero-order valence-corrected chi connectivity index (χ0v) is 15.3. The number of fused-ring (bicyclic) bond motifs is 1. The first-order chi connectivity index (χ1) is 12.8. The average molecular weight is 350 g/mol. The largest absolute Gasteiger partial charge is 0.379 e. The number of anilines is 1. The van der Waals surface area contributed by atoms with Gasteiger partial charge in [0.15, 0.2) is 0 Å². The molecule has 3 heterocycles. The molecule has 4 rings (SSSR count).